The smallest absolute Gasteiger partial charge is 0.273 e. The van der Waals surface area contributed by atoms with Crippen molar-refractivity contribution in [1.29, 1.82) is 0 Å². The van der Waals surface area contributed by atoms with E-state index in [-0.39, 0.29) is 0 Å². The predicted octanol–water partition coefficient (Wildman–Crippen LogP) is 1.73. The number of hydrogen-bond acceptors (Lipinski definition) is 3. The number of aromatic amines is 1. The summed E-state index contributed by atoms with van der Waals surface area (Å²) < 4.78 is 1.32. The average molecular weight is 274 g/mol. The monoisotopic (exact) mass is 273 g/mol. The molecule has 0 saturated heterocycles. The van der Waals surface area contributed by atoms with Crippen LogP contribution in [0.5, 0.6) is 0 Å². The Labute approximate surface area is 112 Å². The maximum Gasteiger partial charge on any atom is 0.334 e. The molecule has 2 heterocycles. The van der Waals surface area contributed by atoms with Gasteiger partial charge in [-0.1, -0.05) is 17.7 Å². The van der Waals surface area contributed by atoms with Gasteiger partial charge in [-0.15, -0.1) is 0 Å². The first-order chi connectivity index (χ1) is 9.16. The number of H-pyrrole nitrogens is 1. The zero-order valence-electron chi connectivity index (χ0n) is 9.63. The van der Waals surface area contributed by atoms with E-state index in [1.54, 1.807) is 36.4 Å². The van der Waals surface area contributed by atoms with Gasteiger partial charge in [0, 0.05) is 11.2 Å². The average Bonchev–Trinajstić information content (AvgIpc) is 2.39. The predicted molar refractivity (Wildman–Crippen MR) is 73.0 cm³/mol. The quantitative estimate of drug-likeness (QED) is 0.734. The van der Waals surface area contributed by atoms with Crippen LogP contribution < -0.4 is 11.2 Å². The van der Waals surface area contributed by atoms with Crippen molar-refractivity contribution in [2.45, 2.75) is 0 Å². The summed E-state index contributed by atoms with van der Waals surface area (Å²) >= 11 is 5.92. The van der Waals surface area contributed by atoms with E-state index >= 15 is 0 Å². The lowest BCUT2D eigenvalue weighted by Gasteiger charge is -2.08. The van der Waals surface area contributed by atoms with Gasteiger partial charge in [-0.3, -0.25) is 9.78 Å². The summed E-state index contributed by atoms with van der Waals surface area (Å²) in [6.45, 7) is 0. The van der Waals surface area contributed by atoms with Gasteiger partial charge in [0.15, 0.2) is 5.65 Å². The fourth-order valence-corrected chi connectivity index (χ4v) is 2.11. The van der Waals surface area contributed by atoms with Gasteiger partial charge >= 0.3 is 5.69 Å². The maximum atomic E-state index is 12.0. The van der Waals surface area contributed by atoms with Crippen LogP contribution in [0, 0.1) is 0 Å². The number of nitrogens with zero attached hydrogens (tertiary/aromatic N) is 2. The van der Waals surface area contributed by atoms with Gasteiger partial charge in [0.05, 0.1) is 11.1 Å². The minimum absolute atomic E-state index is 0.304. The first-order valence-electron chi connectivity index (χ1n) is 5.53. The van der Waals surface area contributed by atoms with E-state index in [2.05, 4.69) is 9.97 Å². The molecule has 19 heavy (non-hydrogen) atoms. The molecule has 3 rings (SSSR count). The Kier molecular flexibility index (Phi) is 2.68. The van der Waals surface area contributed by atoms with Crippen LogP contribution in [0.3, 0.4) is 0 Å². The first kappa shape index (κ1) is 11.7. The van der Waals surface area contributed by atoms with Crippen LogP contribution in [-0.4, -0.2) is 14.5 Å². The molecule has 1 aromatic carbocycles. The highest BCUT2D eigenvalue weighted by molar-refractivity contribution is 6.30. The molecule has 3 aromatic rings. The van der Waals surface area contributed by atoms with Crippen molar-refractivity contribution in [3.05, 3.63) is 68.5 Å². The molecule has 0 radical (unpaired) electrons. The second-order valence-corrected chi connectivity index (χ2v) is 4.39. The molecule has 2 aromatic heterocycles. The molecule has 0 bridgehead atoms. The summed E-state index contributed by atoms with van der Waals surface area (Å²) in [5.74, 6) is 0. The third-order valence-corrected chi connectivity index (χ3v) is 2.97. The number of aromatic nitrogens is 3. The van der Waals surface area contributed by atoms with Crippen LogP contribution in [0.25, 0.3) is 16.7 Å². The van der Waals surface area contributed by atoms with Crippen LogP contribution in [0.2, 0.25) is 5.02 Å². The van der Waals surface area contributed by atoms with E-state index in [1.165, 1.54) is 10.8 Å². The molecule has 0 saturated carbocycles. The van der Waals surface area contributed by atoms with E-state index in [4.69, 9.17) is 11.6 Å². The van der Waals surface area contributed by atoms with Crippen molar-refractivity contribution >= 4 is 22.6 Å². The van der Waals surface area contributed by atoms with E-state index in [9.17, 15) is 9.59 Å². The lowest BCUT2D eigenvalue weighted by Crippen LogP contribution is -2.29. The van der Waals surface area contributed by atoms with Crippen LogP contribution in [0.4, 0.5) is 0 Å². The zero-order chi connectivity index (χ0) is 13.4. The Morgan fingerprint density at radius 1 is 1.16 bits per heavy atom. The Morgan fingerprint density at radius 3 is 2.79 bits per heavy atom. The van der Waals surface area contributed by atoms with Crippen LogP contribution in [0.1, 0.15) is 0 Å². The molecule has 1 N–H and O–H groups in total. The van der Waals surface area contributed by atoms with E-state index in [0.717, 1.165) is 0 Å². The zero-order valence-corrected chi connectivity index (χ0v) is 10.4. The Hall–Kier alpha value is -2.40. The van der Waals surface area contributed by atoms with Gasteiger partial charge in [0.25, 0.3) is 5.56 Å². The van der Waals surface area contributed by atoms with Crippen molar-refractivity contribution in [3.8, 4) is 5.69 Å². The minimum atomic E-state index is -0.543. The number of nitrogens with one attached hydrogen (secondary N) is 1. The summed E-state index contributed by atoms with van der Waals surface area (Å²) in [4.78, 5) is 30.1. The van der Waals surface area contributed by atoms with Crippen molar-refractivity contribution in [1.82, 2.24) is 14.5 Å². The van der Waals surface area contributed by atoms with Crippen molar-refractivity contribution in [2.24, 2.45) is 0 Å². The second-order valence-electron chi connectivity index (χ2n) is 3.95. The van der Waals surface area contributed by atoms with Crippen molar-refractivity contribution in [3.63, 3.8) is 0 Å². The molecule has 0 fully saturated rings. The number of hydrogen-bond donors (Lipinski definition) is 1. The molecule has 0 spiro atoms. The molecular formula is C13H8ClN3O2. The fraction of sp³-hybridized carbons (Fsp3) is 0. The topological polar surface area (TPSA) is 67.8 Å². The van der Waals surface area contributed by atoms with E-state index < -0.39 is 11.2 Å². The van der Waals surface area contributed by atoms with Gasteiger partial charge < -0.3 is 0 Å². The molecule has 0 aliphatic heterocycles. The summed E-state index contributed by atoms with van der Waals surface area (Å²) in [7, 11) is 0. The van der Waals surface area contributed by atoms with Gasteiger partial charge in [0.1, 0.15) is 0 Å². The lowest BCUT2D eigenvalue weighted by atomic mass is 10.3. The molecule has 0 atom stereocenters. The highest BCUT2D eigenvalue weighted by atomic mass is 35.5. The minimum Gasteiger partial charge on any atom is -0.273 e. The van der Waals surface area contributed by atoms with E-state index in [0.29, 0.717) is 21.7 Å². The maximum absolute atomic E-state index is 12.0. The van der Waals surface area contributed by atoms with E-state index in [1.807, 2.05) is 0 Å². The van der Waals surface area contributed by atoms with Gasteiger partial charge in [-0.05, 0) is 30.3 Å². The molecular weight excluding hydrogens is 266 g/mol. The number of benzene rings is 1. The molecule has 0 aliphatic rings. The Balaban J connectivity index is 2.48. The molecule has 0 amide bonds. The third-order valence-electron chi connectivity index (χ3n) is 2.73. The molecule has 0 unspecified atom stereocenters. The Bertz CT molecular complexity index is 883. The standard InChI is InChI=1S/C13H8ClN3O2/c14-8-3-1-4-9(7-8)17-11-10(5-2-6-15-11)12(18)16-13(17)19/h1-7H,(H,16,18,19). The van der Waals surface area contributed by atoms with Gasteiger partial charge in [-0.2, -0.15) is 0 Å². The number of fused-ring (bicyclic) bond motifs is 1. The SMILES string of the molecule is O=c1[nH]c(=O)n(-c2cccc(Cl)c2)c2ncccc12. The number of rotatable bonds is 1. The molecule has 0 aliphatic carbocycles. The van der Waals surface area contributed by atoms with Crippen LogP contribution in [-0.2, 0) is 0 Å². The fourth-order valence-electron chi connectivity index (χ4n) is 1.92. The van der Waals surface area contributed by atoms with Crippen molar-refractivity contribution < 1.29 is 0 Å². The van der Waals surface area contributed by atoms with Crippen LogP contribution >= 0.6 is 11.6 Å². The Morgan fingerprint density at radius 2 is 2.00 bits per heavy atom. The van der Waals surface area contributed by atoms with Crippen molar-refractivity contribution in [2.75, 3.05) is 0 Å². The summed E-state index contributed by atoms with van der Waals surface area (Å²) in [6.07, 6.45) is 1.53. The first-order valence-corrected chi connectivity index (χ1v) is 5.90. The third kappa shape index (κ3) is 1.94. The largest absolute Gasteiger partial charge is 0.334 e. The number of pyridine rings is 1. The molecule has 5 nitrogen and oxygen atoms in total. The summed E-state index contributed by atoms with van der Waals surface area (Å²) in [5.41, 5.74) is -0.138. The highest BCUT2D eigenvalue weighted by Crippen LogP contribution is 2.15. The number of halogens is 1. The highest BCUT2D eigenvalue weighted by Gasteiger charge is 2.09. The van der Waals surface area contributed by atoms with Gasteiger partial charge in [0.2, 0.25) is 0 Å². The molecule has 94 valence electrons. The summed E-state index contributed by atoms with van der Waals surface area (Å²) in [5, 5.41) is 0.849. The second kappa shape index (κ2) is 4.37. The lowest BCUT2D eigenvalue weighted by molar-refractivity contribution is 0.925. The summed E-state index contributed by atoms with van der Waals surface area (Å²) in [6, 6.07) is 10.0. The van der Waals surface area contributed by atoms with Gasteiger partial charge in [-0.25, -0.2) is 14.3 Å². The normalized spacial score (nSPS) is 10.8. The van der Waals surface area contributed by atoms with Crippen LogP contribution in [0.15, 0.2) is 52.2 Å². The molecule has 6 heteroatoms.